The van der Waals surface area contributed by atoms with E-state index in [4.69, 9.17) is 9.47 Å². The molecule has 0 bridgehead atoms. The lowest BCUT2D eigenvalue weighted by molar-refractivity contribution is 0.0179. The first-order valence-corrected chi connectivity index (χ1v) is 7.15. The molecule has 2 N–H and O–H groups in total. The maximum absolute atomic E-state index is 12.8. The van der Waals surface area contributed by atoms with Crippen molar-refractivity contribution in [3.8, 4) is 11.5 Å². The largest absolute Gasteiger partial charge is 0.508 e. The summed E-state index contributed by atoms with van der Waals surface area (Å²) in [5.41, 5.74) is 0.559. The highest BCUT2D eigenvalue weighted by atomic mass is 16.5. The lowest BCUT2D eigenvalue weighted by atomic mass is 9.72. The van der Waals surface area contributed by atoms with Gasteiger partial charge in [-0.25, -0.2) is 0 Å². The highest BCUT2D eigenvalue weighted by Gasteiger charge is 2.46. The number of ether oxygens (including phenoxy) is 2. The van der Waals surface area contributed by atoms with Gasteiger partial charge < -0.3 is 19.7 Å². The van der Waals surface area contributed by atoms with Gasteiger partial charge in [0.15, 0.2) is 5.76 Å². The van der Waals surface area contributed by atoms with Crippen LogP contribution in [0.25, 0.3) is 0 Å². The number of benzene rings is 1. The minimum atomic E-state index is -0.967. The molecule has 0 spiro atoms. The predicted molar refractivity (Wildman–Crippen MR) is 82.1 cm³/mol. The third-order valence-corrected chi connectivity index (χ3v) is 4.42. The molecular weight excluding hydrogens is 284 g/mol. The van der Waals surface area contributed by atoms with E-state index < -0.39 is 11.4 Å². The third kappa shape index (κ3) is 2.00. The first-order chi connectivity index (χ1) is 10.2. The Bertz CT molecular complexity index is 672. The van der Waals surface area contributed by atoms with Crippen molar-refractivity contribution in [2.24, 2.45) is 5.92 Å². The van der Waals surface area contributed by atoms with Crippen molar-refractivity contribution in [1.29, 1.82) is 0 Å². The number of fused-ring (bicyclic) bond motifs is 1. The Balaban J connectivity index is 2.94. The van der Waals surface area contributed by atoms with Gasteiger partial charge in [-0.05, 0) is 25.8 Å². The minimum Gasteiger partial charge on any atom is -0.508 e. The number of carbonyl (C=O) groups excluding carboxylic acids is 1. The average Bonchev–Trinajstić information content (AvgIpc) is 2.47. The summed E-state index contributed by atoms with van der Waals surface area (Å²) in [6.45, 7) is 7.24. The summed E-state index contributed by atoms with van der Waals surface area (Å²) in [6, 6.07) is 1.49. The number of phenolic OH excluding ortho intramolecular Hbond substituents is 2. The van der Waals surface area contributed by atoms with Crippen LogP contribution in [-0.2, 0) is 15.1 Å². The Morgan fingerprint density at radius 2 is 1.82 bits per heavy atom. The van der Waals surface area contributed by atoms with Crippen LogP contribution in [0.1, 0.15) is 42.3 Å². The predicted octanol–water partition coefficient (Wildman–Crippen LogP) is 3.02. The van der Waals surface area contributed by atoms with Gasteiger partial charge >= 0.3 is 0 Å². The Labute approximate surface area is 130 Å². The summed E-state index contributed by atoms with van der Waals surface area (Å²) < 4.78 is 11.0. The van der Waals surface area contributed by atoms with Crippen LogP contribution in [0.3, 0.4) is 0 Å². The SMILES string of the molecule is COC1=C(C(C)C)[C@@](C)(OC)c2cc(O)c(C)c(O)c2C1=O. The average molecular weight is 306 g/mol. The van der Waals surface area contributed by atoms with E-state index in [0.29, 0.717) is 11.1 Å². The molecule has 1 aliphatic carbocycles. The lowest BCUT2D eigenvalue weighted by Gasteiger charge is -2.39. The zero-order valence-corrected chi connectivity index (χ0v) is 13.8. The Morgan fingerprint density at radius 1 is 1.23 bits per heavy atom. The first kappa shape index (κ1) is 16.4. The maximum atomic E-state index is 12.8. The van der Waals surface area contributed by atoms with E-state index in [2.05, 4.69) is 0 Å². The number of carbonyl (C=O) groups is 1. The van der Waals surface area contributed by atoms with E-state index in [9.17, 15) is 15.0 Å². The van der Waals surface area contributed by atoms with Crippen LogP contribution in [0, 0.1) is 12.8 Å². The van der Waals surface area contributed by atoms with Gasteiger partial charge in [0.05, 0.1) is 12.7 Å². The monoisotopic (exact) mass is 306 g/mol. The molecule has 5 heteroatoms. The summed E-state index contributed by atoms with van der Waals surface area (Å²) in [6.07, 6.45) is 0. The van der Waals surface area contributed by atoms with Gasteiger partial charge in [0.1, 0.15) is 17.1 Å². The fourth-order valence-electron chi connectivity index (χ4n) is 3.19. The van der Waals surface area contributed by atoms with E-state index in [1.54, 1.807) is 13.8 Å². The molecule has 5 nitrogen and oxygen atoms in total. The normalized spacial score (nSPS) is 21.3. The van der Waals surface area contributed by atoms with Crippen LogP contribution in [-0.4, -0.2) is 30.2 Å². The molecule has 0 unspecified atom stereocenters. The van der Waals surface area contributed by atoms with Gasteiger partial charge in [-0.15, -0.1) is 0 Å². The fourth-order valence-corrected chi connectivity index (χ4v) is 3.19. The van der Waals surface area contributed by atoms with Gasteiger partial charge in [0.25, 0.3) is 0 Å². The van der Waals surface area contributed by atoms with Crippen LogP contribution < -0.4 is 0 Å². The Morgan fingerprint density at radius 3 is 2.27 bits per heavy atom. The van der Waals surface area contributed by atoms with Crippen molar-refractivity contribution in [3.63, 3.8) is 0 Å². The van der Waals surface area contributed by atoms with Gasteiger partial charge in [-0.2, -0.15) is 0 Å². The quantitative estimate of drug-likeness (QED) is 0.897. The van der Waals surface area contributed by atoms with Gasteiger partial charge in [-0.3, -0.25) is 4.79 Å². The molecule has 0 radical (unpaired) electrons. The van der Waals surface area contributed by atoms with Crippen molar-refractivity contribution in [3.05, 3.63) is 34.1 Å². The molecule has 2 rings (SSSR count). The first-order valence-electron chi connectivity index (χ1n) is 7.15. The number of hydrogen-bond donors (Lipinski definition) is 2. The molecule has 22 heavy (non-hydrogen) atoms. The number of aromatic hydroxyl groups is 2. The molecule has 1 atom stereocenters. The Kier molecular flexibility index (Phi) is 3.96. The van der Waals surface area contributed by atoms with Crippen molar-refractivity contribution in [1.82, 2.24) is 0 Å². The van der Waals surface area contributed by atoms with E-state index in [0.717, 1.165) is 0 Å². The highest BCUT2D eigenvalue weighted by molar-refractivity contribution is 6.13. The topological polar surface area (TPSA) is 76.0 Å². The van der Waals surface area contributed by atoms with Crippen LogP contribution in [0.15, 0.2) is 17.4 Å². The second-order valence-electron chi connectivity index (χ2n) is 5.96. The van der Waals surface area contributed by atoms with Crippen molar-refractivity contribution < 1.29 is 24.5 Å². The van der Waals surface area contributed by atoms with Crippen molar-refractivity contribution in [2.45, 2.75) is 33.3 Å². The van der Waals surface area contributed by atoms with E-state index >= 15 is 0 Å². The van der Waals surface area contributed by atoms with Crippen LogP contribution in [0.2, 0.25) is 0 Å². The summed E-state index contributed by atoms with van der Waals surface area (Å²) in [7, 11) is 2.96. The number of Topliss-reactive ketones (excluding diaryl/α,β-unsaturated/α-hetero) is 1. The van der Waals surface area contributed by atoms with Gasteiger partial charge in [0, 0.05) is 23.8 Å². The van der Waals surface area contributed by atoms with Crippen molar-refractivity contribution in [2.75, 3.05) is 14.2 Å². The third-order valence-electron chi connectivity index (χ3n) is 4.42. The Hall–Kier alpha value is -2.01. The standard InChI is InChI=1S/C17H22O5/c1-8(2)13-16(21-5)15(20)12-10(17(13,4)22-6)7-11(18)9(3)14(12)19/h7-8,18-19H,1-6H3/t17-/m0/s1. The molecule has 0 aliphatic heterocycles. The minimum absolute atomic E-state index is 0.0115. The second-order valence-corrected chi connectivity index (χ2v) is 5.96. The van der Waals surface area contributed by atoms with Crippen LogP contribution in [0.4, 0.5) is 0 Å². The van der Waals surface area contributed by atoms with Crippen molar-refractivity contribution >= 4 is 5.78 Å². The maximum Gasteiger partial charge on any atom is 0.231 e. The highest BCUT2D eigenvalue weighted by Crippen LogP contribution is 2.49. The summed E-state index contributed by atoms with van der Waals surface area (Å²) in [5, 5.41) is 20.4. The summed E-state index contributed by atoms with van der Waals surface area (Å²) in [4.78, 5) is 12.8. The molecule has 1 aliphatic rings. The number of phenols is 2. The van der Waals surface area contributed by atoms with E-state index in [1.165, 1.54) is 20.3 Å². The van der Waals surface area contributed by atoms with E-state index in [-0.39, 0.29) is 34.3 Å². The fraction of sp³-hybridized carbons (Fsp3) is 0.471. The molecule has 1 aromatic carbocycles. The van der Waals surface area contributed by atoms with Crippen LogP contribution >= 0.6 is 0 Å². The van der Waals surface area contributed by atoms with Gasteiger partial charge in [-0.1, -0.05) is 13.8 Å². The summed E-state index contributed by atoms with van der Waals surface area (Å²) >= 11 is 0. The second kappa shape index (κ2) is 5.32. The molecule has 0 fully saturated rings. The number of hydrogen-bond acceptors (Lipinski definition) is 5. The molecule has 0 aromatic heterocycles. The number of rotatable bonds is 3. The molecule has 120 valence electrons. The molecule has 1 aromatic rings. The molecule has 0 amide bonds. The van der Waals surface area contributed by atoms with E-state index in [1.807, 2.05) is 13.8 Å². The smallest absolute Gasteiger partial charge is 0.231 e. The lowest BCUT2D eigenvalue weighted by Crippen LogP contribution is -2.38. The van der Waals surface area contributed by atoms with Gasteiger partial charge in [0.2, 0.25) is 5.78 Å². The zero-order valence-electron chi connectivity index (χ0n) is 13.8. The number of allylic oxidation sites excluding steroid dienone is 1. The molecule has 0 saturated heterocycles. The molecule has 0 heterocycles. The molecule has 0 saturated carbocycles. The molecular formula is C17H22O5. The number of ketones is 1. The zero-order chi connectivity index (χ0) is 16.8. The summed E-state index contributed by atoms with van der Waals surface area (Å²) in [5.74, 6) is -0.525. The number of methoxy groups -OCH3 is 2. The van der Waals surface area contributed by atoms with Crippen LogP contribution in [0.5, 0.6) is 11.5 Å².